The maximum Gasteiger partial charge on any atom is 0.166 e. The van der Waals surface area contributed by atoms with E-state index >= 15 is 0 Å². The van der Waals surface area contributed by atoms with Gasteiger partial charge in [-0.1, -0.05) is 25.1 Å². The Morgan fingerprint density at radius 3 is 2.84 bits per heavy atom. The number of ketones is 1. The molecule has 3 aromatic rings. The van der Waals surface area contributed by atoms with Gasteiger partial charge in [0.2, 0.25) is 0 Å². The molecule has 19 heavy (non-hydrogen) atoms. The Balaban J connectivity index is 2.08. The number of hydrogen-bond donors (Lipinski definition) is 0. The van der Waals surface area contributed by atoms with Gasteiger partial charge in [-0.05, 0) is 36.6 Å². The van der Waals surface area contributed by atoms with Gasteiger partial charge in [0.1, 0.15) is 0 Å². The number of hydrogen-bond acceptors (Lipinski definition) is 2. The standard InChI is InChI=1S/C17H14OS/c1-10-6-7-11-8-14-12-4-2-3-5-15(12)19-16(14)9-13(11)17(10)18/h2-5,8-10H,6-7H2,1H3. The smallest absolute Gasteiger partial charge is 0.166 e. The Bertz CT molecular complexity index is 813. The van der Waals surface area contributed by atoms with Crippen LogP contribution in [0.15, 0.2) is 36.4 Å². The molecule has 0 saturated heterocycles. The minimum atomic E-state index is 0.180. The first-order valence-corrected chi connectivity index (χ1v) is 7.54. The highest BCUT2D eigenvalue weighted by molar-refractivity contribution is 7.25. The Morgan fingerprint density at radius 2 is 1.95 bits per heavy atom. The van der Waals surface area contributed by atoms with Crippen LogP contribution in [0.2, 0.25) is 0 Å². The van der Waals surface area contributed by atoms with Gasteiger partial charge >= 0.3 is 0 Å². The van der Waals surface area contributed by atoms with Crippen molar-refractivity contribution in [2.24, 2.45) is 5.92 Å². The van der Waals surface area contributed by atoms with Crippen LogP contribution in [-0.2, 0) is 6.42 Å². The monoisotopic (exact) mass is 266 g/mol. The van der Waals surface area contributed by atoms with Gasteiger partial charge in [-0.25, -0.2) is 0 Å². The van der Waals surface area contributed by atoms with E-state index in [4.69, 9.17) is 0 Å². The predicted molar refractivity (Wildman–Crippen MR) is 81.1 cm³/mol. The molecule has 2 aromatic carbocycles. The molecule has 0 N–H and O–H groups in total. The van der Waals surface area contributed by atoms with Crippen molar-refractivity contribution in [1.29, 1.82) is 0 Å². The van der Waals surface area contributed by atoms with Crippen LogP contribution >= 0.6 is 11.3 Å². The highest BCUT2D eigenvalue weighted by Crippen LogP contribution is 2.37. The molecule has 4 rings (SSSR count). The van der Waals surface area contributed by atoms with Crippen LogP contribution < -0.4 is 0 Å². The molecule has 0 radical (unpaired) electrons. The minimum Gasteiger partial charge on any atom is -0.294 e. The highest BCUT2D eigenvalue weighted by atomic mass is 32.1. The number of fused-ring (bicyclic) bond motifs is 4. The molecule has 1 aliphatic carbocycles. The Kier molecular flexibility index (Phi) is 2.30. The second-order valence-electron chi connectivity index (χ2n) is 5.41. The second-order valence-corrected chi connectivity index (χ2v) is 6.49. The van der Waals surface area contributed by atoms with Crippen molar-refractivity contribution >= 4 is 37.3 Å². The summed E-state index contributed by atoms with van der Waals surface area (Å²) in [6, 6.07) is 12.9. The summed E-state index contributed by atoms with van der Waals surface area (Å²) >= 11 is 1.79. The van der Waals surface area contributed by atoms with Gasteiger partial charge in [-0.15, -0.1) is 11.3 Å². The van der Waals surface area contributed by atoms with Gasteiger partial charge in [0.25, 0.3) is 0 Å². The molecule has 0 saturated carbocycles. The molecule has 0 spiro atoms. The topological polar surface area (TPSA) is 17.1 Å². The molecule has 1 unspecified atom stereocenters. The van der Waals surface area contributed by atoms with Crippen LogP contribution in [0.25, 0.3) is 20.2 Å². The molecule has 1 aliphatic rings. The molecule has 94 valence electrons. The quantitative estimate of drug-likeness (QED) is 0.570. The van der Waals surface area contributed by atoms with Gasteiger partial charge in [-0.2, -0.15) is 0 Å². The lowest BCUT2D eigenvalue weighted by atomic mass is 9.83. The largest absolute Gasteiger partial charge is 0.294 e. The van der Waals surface area contributed by atoms with Crippen LogP contribution in [0.3, 0.4) is 0 Å². The molecule has 0 aliphatic heterocycles. The average molecular weight is 266 g/mol. The van der Waals surface area contributed by atoms with Crippen molar-refractivity contribution < 1.29 is 4.79 Å². The highest BCUT2D eigenvalue weighted by Gasteiger charge is 2.24. The summed E-state index contributed by atoms with van der Waals surface area (Å²) < 4.78 is 2.54. The van der Waals surface area contributed by atoms with Crippen molar-refractivity contribution in [3.05, 3.63) is 47.5 Å². The zero-order valence-electron chi connectivity index (χ0n) is 10.8. The number of rotatable bonds is 0. The number of Topliss-reactive ketones (excluding diaryl/α,β-unsaturated/α-hetero) is 1. The van der Waals surface area contributed by atoms with E-state index in [2.05, 4.69) is 36.4 Å². The molecule has 2 heteroatoms. The number of aryl methyl sites for hydroxylation is 1. The fraction of sp³-hybridized carbons (Fsp3) is 0.235. The minimum absolute atomic E-state index is 0.180. The second kappa shape index (κ2) is 3.91. The van der Waals surface area contributed by atoms with Gasteiger partial charge in [-0.3, -0.25) is 4.79 Å². The van der Waals surface area contributed by atoms with Crippen LogP contribution in [0, 0.1) is 5.92 Å². The molecule has 1 nitrogen and oxygen atoms in total. The molecular formula is C17H14OS. The first kappa shape index (κ1) is 11.2. The maximum atomic E-state index is 12.3. The Hall–Kier alpha value is -1.67. The van der Waals surface area contributed by atoms with Crippen LogP contribution in [-0.4, -0.2) is 5.78 Å². The van der Waals surface area contributed by atoms with E-state index in [1.165, 1.54) is 25.7 Å². The van der Waals surface area contributed by atoms with Gasteiger partial charge in [0.15, 0.2) is 5.78 Å². The van der Waals surface area contributed by atoms with E-state index in [1.54, 1.807) is 11.3 Å². The third-order valence-corrected chi connectivity index (χ3v) is 5.30. The zero-order chi connectivity index (χ0) is 13.0. The summed E-state index contributed by atoms with van der Waals surface area (Å²) in [4.78, 5) is 12.3. The fourth-order valence-corrected chi connectivity index (χ4v) is 4.15. The van der Waals surface area contributed by atoms with Crippen molar-refractivity contribution in [2.75, 3.05) is 0 Å². The summed E-state index contributed by atoms with van der Waals surface area (Å²) in [5.74, 6) is 0.500. The van der Waals surface area contributed by atoms with E-state index < -0.39 is 0 Å². The lowest BCUT2D eigenvalue weighted by molar-refractivity contribution is 0.0914. The SMILES string of the molecule is CC1CCc2cc3c(cc2C1=O)sc1ccccc13. The zero-order valence-corrected chi connectivity index (χ0v) is 11.6. The Morgan fingerprint density at radius 1 is 1.11 bits per heavy atom. The van der Waals surface area contributed by atoms with Crippen molar-refractivity contribution in [1.82, 2.24) is 0 Å². The summed E-state index contributed by atoms with van der Waals surface area (Å²) in [7, 11) is 0. The summed E-state index contributed by atoms with van der Waals surface area (Å²) in [5, 5.41) is 2.62. The first-order chi connectivity index (χ1) is 9.24. The van der Waals surface area contributed by atoms with E-state index in [-0.39, 0.29) is 5.92 Å². The summed E-state index contributed by atoms with van der Waals surface area (Å²) in [6.07, 6.45) is 2.02. The van der Waals surface area contributed by atoms with E-state index in [1.807, 2.05) is 6.92 Å². The molecule has 1 heterocycles. The molecule has 1 aromatic heterocycles. The van der Waals surface area contributed by atoms with Crippen molar-refractivity contribution in [2.45, 2.75) is 19.8 Å². The molecule has 1 atom stereocenters. The number of carbonyl (C=O) groups excluding carboxylic acids is 1. The van der Waals surface area contributed by atoms with Gasteiger partial charge in [0.05, 0.1) is 0 Å². The van der Waals surface area contributed by atoms with E-state index in [9.17, 15) is 4.79 Å². The summed E-state index contributed by atoms with van der Waals surface area (Å²) in [6.45, 7) is 2.04. The van der Waals surface area contributed by atoms with Gasteiger partial charge in [0, 0.05) is 31.7 Å². The lowest BCUT2D eigenvalue weighted by Gasteiger charge is -2.20. The fourth-order valence-electron chi connectivity index (χ4n) is 3.02. The van der Waals surface area contributed by atoms with Gasteiger partial charge < -0.3 is 0 Å². The van der Waals surface area contributed by atoms with Crippen molar-refractivity contribution in [3.8, 4) is 0 Å². The lowest BCUT2D eigenvalue weighted by Crippen LogP contribution is -2.19. The number of benzene rings is 2. The molecule has 0 amide bonds. The predicted octanol–water partition coefficient (Wildman–Crippen LogP) is 4.82. The first-order valence-electron chi connectivity index (χ1n) is 6.72. The Labute approximate surface area is 115 Å². The molecule has 0 fully saturated rings. The van der Waals surface area contributed by atoms with E-state index in [0.717, 1.165) is 18.4 Å². The maximum absolute atomic E-state index is 12.3. The third-order valence-electron chi connectivity index (χ3n) is 4.16. The normalized spacial score (nSPS) is 19.0. The summed E-state index contributed by atoms with van der Waals surface area (Å²) in [5.41, 5.74) is 2.19. The van der Waals surface area contributed by atoms with Crippen molar-refractivity contribution in [3.63, 3.8) is 0 Å². The number of carbonyl (C=O) groups is 1. The van der Waals surface area contributed by atoms with Crippen LogP contribution in [0.5, 0.6) is 0 Å². The number of thiophene rings is 1. The van der Waals surface area contributed by atoms with Crippen LogP contribution in [0.1, 0.15) is 29.3 Å². The van der Waals surface area contributed by atoms with E-state index in [0.29, 0.717) is 5.78 Å². The average Bonchev–Trinajstić information content (AvgIpc) is 2.79. The molecule has 0 bridgehead atoms. The third kappa shape index (κ3) is 1.56. The molecular weight excluding hydrogens is 252 g/mol. The van der Waals surface area contributed by atoms with Crippen LogP contribution in [0.4, 0.5) is 0 Å².